The van der Waals surface area contributed by atoms with Crippen molar-refractivity contribution in [2.75, 3.05) is 6.54 Å². The number of benzene rings is 1. The van der Waals surface area contributed by atoms with Crippen molar-refractivity contribution in [3.63, 3.8) is 0 Å². The van der Waals surface area contributed by atoms with Crippen molar-refractivity contribution < 1.29 is 0 Å². The van der Waals surface area contributed by atoms with Gasteiger partial charge in [0.05, 0.1) is 0 Å². The maximum Gasteiger partial charge on any atom is 0.0292 e. The summed E-state index contributed by atoms with van der Waals surface area (Å²) in [6, 6.07) is 9.02. The van der Waals surface area contributed by atoms with Crippen LogP contribution in [0.5, 0.6) is 0 Å². The molecule has 1 N–H and O–H groups in total. The average molecular weight is 340 g/mol. The van der Waals surface area contributed by atoms with Crippen LogP contribution < -0.4 is 5.32 Å². The third kappa shape index (κ3) is 8.06. The van der Waals surface area contributed by atoms with Crippen LogP contribution in [0.15, 0.2) is 28.7 Å². The number of unbranched alkanes of at least 4 members (excludes halogenated alkanes) is 7. The first kappa shape index (κ1) is 17.7. The zero-order valence-corrected chi connectivity index (χ0v) is 14.7. The van der Waals surface area contributed by atoms with Gasteiger partial charge in [-0.3, -0.25) is 0 Å². The summed E-state index contributed by atoms with van der Waals surface area (Å²) in [4.78, 5) is 0. The molecule has 0 spiro atoms. The highest BCUT2D eigenvalue weighted by Gasteiger charge is 2.04. The standard InChI is InChI=1S/C18H30BrN/c1-3-4-5-6-7-8-9-10-14-20-16(2)17-12-11-13-18(19)15-17/h11-13,15-16,20H,3-10,14H2,1-2H3/t16-/m1/s1. The van der Waals surface area contributed by atoms with Gasteiger partial charge in [0.2, 0.25) is 0 Å². The average Bonchev–Trinajstić information content (AvgIpc) is 2.45. The molecule has 0 aliphatic rings. The Bertz CT molecular complexity index is 351. The summed E-state index contributed by atoms with van der Waals surface area (Å²) in [5.74, 6) is 0. The molecule has 0 bridgehead atoms. The van der Waals surface area contributed by atoms with Crippen LogP contribution in [0.1, 0.15) is 76.8 Å². The van der Waals surface area contributed by atoms with Crippen molar-refractivity contribution in [1.29, 1.82) is 0 Å². The van der Waals surface area contributed by atoms with E-state index in [-0.39, 0.29) is 0 Å². The van der Waals surface area contributed by atoms with Gasteiger partial charge >= 0.3 is 0 Å². The molecule has 0 radical (unpaired) electrons. The molecule has 20 heavy (non-hydrogen) atoms. The van der Waals surface area contributed by atoms with Crippen molar-refractivity contribution in [2.24, 2.45) is 0 Å². The van der Waals surface area contributed by atoms with Gasteiger partial charge < -0.3 is 5.32 Å². The monoisotopic (exact) mass is 339 g/mol. The van der Waals surface area contributed by atoms with Gasteiger partial charge in [-0.15, -0.1) is 0 Å². The number of rotatable bonds is 11. The quantitative estimate of drug-likeness (QED) is 0.470. The molecule has 1 aromatic rings. The van der Waals surface area contributed by atoms with E-state index in [0.29, 0.717) is 6.04 Å². The van der Waals surface area contributed by atoms with Crippen LogP contribution >= 0.6 is 15.9 Å². The van der Waals surface area contributed by atoms with Gasteiger partial charge in [-0.2, -0.15) is 0 Å². The van der Waals surface area contributed by atoms with Crippen LogP contribution in [-0.4, -0.2) is 6.54 Å². The Morgan fingerprint density at radius 2 is 1.65 bits per heavy atom. The second-order valence-electron chi connectivity index (χ2n) is 5.71. The smallest absolute Gasteiger partial charge is 0.0292 e. The van der Waals surface area contributed by atoms with Crippen molar-refractivity contribution in [3.8, 4) is 0 Å². The molecular weight excluding hydrogens is 310 g/mol. The SMILES string of the molecule is CCCCCCCCCCN[C@H](C)c1cccc(Br)c1. The summed E-state index contributed by atoms with van der Waals surface area (Å²) >= 11 is 3.53. The molecule has 2 heteroatoms. The lowest BCUT2D eigenvalue weighted by Crippen LogP contribution is -2.19. The number of hydrogen-bond donors (Lipinski definition) is 1. The Labute approximate surface area is 133 Å². The highest BCUT2D eigenvalue weighted by molar-refractivity contribution is 9.10. The maximum atomic E-state index is 3.62. The highest BCUT2D eigenvalue weighted by atomic mass is 79.9. The van der Waals surface area contributed by atoms with Crippen molar-refractivity contribution >= 4 is 15.9 Å². The molecule has 0 heterocycles. The first-order chi connectivity index (χ1) is 9.74. The van der Waals surface area contributed by atoms with Gasteiger partial charge in [0.1, 0.15) is 0 Å². The zero-order valence-electron chi connectivity index (χ0n) is 13.1. The summed E-state index contributed by atoms with van der Waals surface area (Å²) in [6.07, 6.45) is 11.1. The first-order valence-electron chi connectivity index (χ1n) is 8.23. The minimum absolute atomic E-state index is 0.442. The Morgan fingerprint density at radius 3 is 2.30 bits per heavy atom. The second-order valence-corrected chi connectivity index (χ2v) is 6.62. The van der Waals surface area contributed by atoms with Crippen molar-refractivity contribution in [1.82, 2.24) is 5.32 Å². The number of halogens is 1. The van der Waals surface area contributed by atoms with E-state index in [1.165, 1.54) is 56.9 Å². The van der Waals surface area contributed by atoms with E-state index in [0.717, 1.165) is 11.0 Å². The predicted octanol–water partition coefficient (Wildman–Crippen LogP) is 6.24. The van der Waals surface area contributed by atoms with Gasteiger partial charge in [-0.1, -0.05) is 79.9 Å². The Kier molecular flexibility index (Phi) is 10.0. The molecule has 0 aliphatic carbocycles. The molecule has 1 aromatic carbocycles. The predicted molar refractivity (Wildman–Crippen MR) is 93.2 cm³/mol. The summed E-state index contributed by atoms with van der Waals surface area (Å²) in [7, 11) is 0. The lowest BCUT2D eigenvalue weighted by atomic mass is 10.1. The molecule has 1 atom stereocenters. The third-order valence-corrected chi connectivity index (χ3v) is 4.32. The fraction of sp³-hybridized carbons (Fsp3) is 0.667. The molecule has 0 aromatic heterocycles. The van der Waals surface area contributed by atoms with Crippen LogP contribution in [-0.2, 0) is 0 Å². The molecular formula is C18H30BrN. The molecule has 0 fully saturated rings. The number of hydrogen-bond acceptors (Lipinski definition) is 1. The zero-order chi connectivity index (χ0) is 14.6. The van der Waals surface area contributed by atoms with E-state index in [4.69, 9.17) is 0 Å². The lowest BCUT2D eigenvalue weighted by molar-refractivity contribution is 0.521. The van der Waals surface area contributed by atoms with Crippen LogP contribution in [0.2, 0.25) is 0 Å². The van der Waals surface area contributed by atoms with Crippen molar-refractivity contribution in [2.45, 2.75) is 71.3 Å². The molecule has 1 nitrogen and oxygen atoms in total. The second kappa shape index (κ2) is 11.3. The number of nitrogens with one attached hydrogen (secondary N) is 1. The minimum Gasteiger partial charge on any atom is -0.310 e. The molecule has 0 aliphatic heterocycles. The summed E-state index contributed by atoms with van der Waals surface area (Å²) in [5, 5.41) is 3.62. The van der Waals surface area contributed by atoms with Crippen LogP contribution in [0.25, 0.3) is 0 Å². The Balaban J connectivity index is 2.01. The normalized spacial score (nSPS) is 12.6. The molecule has 1 rings (SSSR count). The summed E-state index contributed by atoms with van der Waals surface area (Å²) < 4.78 is 1.16. The van der Waals surface area contributed by atoms with Gasteiger partial charge in [-0.25, -0.2) is 0 Å². The third-order valence-electron chi connectivity index (χ3n) is 3.83. The van der Waals surface area contributed by atoms with E-state index in [1.807, 2.05) is 0 Å². The van der Waals surface area contributed by atoms with Crippen LogP contribution in [0, 0.1) is 0 Å². The van der Waals surface area contributed by atoms with E-state index in [2.05, 4.69) is 59.4 Å². The molecule has 0 amide bonds. The maximum absolute atomic E-state index is 3.62. The molecule has 0 unspecified atom stereocenters. The molecule has 0 saturated heterocycles. The Hall–Kier alpha value is -0.340. The van der Waals surface area contributed by atoms with Gasteiger partial charge in [-0.05, 0) is 37.6 Å². The van der Waals surface area contributed by atoms with E-state index >= 15 is 0 Å². The highest BCUT2D eigenvalue weighted by Crippen LogP contribution is 2.17. The van der Waals surface area contributed by atoms with Crippen LogP contribution in [0.4, 0.5) is 0 Å². The molecule has 114 valence electrons. The first-order valence-corrected chi connectivity index (χ1v) is 9.02. The van der Waals surface area contributed by atoms with Crippen molar-refractivity contribution in [3.05, 3.63) is 34.3 Å². The summed E-state index contributed by atoms with van der Waals surface area (Å²) in [5.41, 5.74) is 1.36. The van der Waals surface area contributed by atoms with E-state index in [1.54, 1.807) is 0 Å². The fourth-order valence-electron chi connectivity index (χ4n) is 2.47. The van der Waals surface area contributed by atoms with Gasteiger partial charge in [0, 0.05) is 10.5 Å². The summed E-state index contributed by atoms with van der Waals surface area (Å²) in [6.45, 7) is 5.65. The molecule has 0 saturated carbocycles. The van der Waals surface area contributed by atoms with E-state index < -0.39 is 0 Å². The topological polar surface area (TPSA) is 12.0 Å². The minimum atomic E-state index is 0.442. The van der Waals surface area contributed by atoms with E-state index in [9.17, 15) is 0 Å². The largest absolute Gasteiger partial charge is 0.310 e. The fourth-order valence-corrected chi connectivity index (χ4v) is 2.89. The Morgan fingerprint density at radius 1 is 1.00 bits per heavy atom. The van der Waals surface area contributed by atoms with Gasteiger partial charge in [0.25, 0.3) is 0 Å². The lowest BCUT2D eigenvalue weighted by Gasteiger charge is -2.14. The van der Waals surface area contributed by atoms with Crippen LogP contribution in [0.3, 0.4) is 0 Å². The van der Waals surface area contributed by atoms with Gasteiger partial charge in [0.15, 0.2) is 0 Å².